The van der Waals surface area contributed by atoms with Gasteiger partial charge in [0.25, 0.3) is 5.91 Å². The Morgan fingerprint density at radius 1 is 1.28 bits per heavy atom. The number of nitrogens with zero attached hydrogens (tertiary/aromatic N) is 2. The summed E-state index contributed by atoms with van der Waals surface area (Å²) in [4.78, 5) is 19.3. The first kappa shape index (κ1) is 21.7. The standard InChI is InChI=1S/C17H22N4OS.2ClH/c1-12-5-6-13(18)9-15(12)16(22)20-17-19-14(11-23-17)10-21-7-3-2-4-8-21;;/h5-6,9,11H,2-4,7-8,10,18H2,1H3,(H,19,20,22);2*1H. The fourth-order valence-corrected chi connectivity index (χ4v) is 3.53. The zero-order chi connectivity index (χ0) is 16.2. The number of thiazole rings is 1. The number of rotatable bonds is 4. The van der Waals surface area contributed by atoms with Gasteiger partial charge in [0.15, 0.2) is 5.13 Å². The Balaban J connectivity index is 0.00000156. The number of nitrogens with two attached hydrogens (primary N) is 1. The van der Waals surface area contributed by atoms with Crippen LogP contribution in [0.5, 0.6) is 0 Å². The minimum Gasteiger partial charge on any atom is -0.399 e. The first-order valence-corrected chi connectivity index (χ1v) is 8.84. The van der Waals surface area contributed by atoms with Crippen LogP contribution in [0.15, 0.2) is 23.6 Å². The maximum absolute atomic E-state index is 12.4. The lowest BCUT2D eigenvalue weighted by Gasteiger charge is -2.25. The van der Waals surface area contributed by atoms with Crippen LogP contribution in [0, 0.1) is 6.92 Å². The van der Waals surface area contributed by atoms with E-state index in [-0.39, 0.29) is 30.7 Å². The summed E-state index contributed by atoms with van der Waals surface area (Å²) in [6.07, 6.45) is 3.86. The molecule has 138 valence electrons. The van der Waals surface area contributed by atoms with Crippen molar-refractivity contribution < 1.29 is 4.79 Å². The molecular formula is C17H24Cl2N4OS. The molecule has 0 spiro atoms. The average Bonchev–Trinajstić information content (AvgIpc) is 2.97. The first-order valence-electron chi connectivity index (χ1n) is 7.96. The quantitative estimate of drug-likeness (QED) is 0.754. The van der Waals surface area contributed by atoms with Crippen molar-refractivity contribution in [2.75, 3.05) is 24.1 Å². The molecule has 1 amide bonds. The van der Waals surface area contributed by atoms with Crippen LogP contribution in [0.4, 0.5) is 10.8 Å². The molecule has 0 saturated carbocycles. The van der Waals surface area contributed by atoms with Gasteiger partial charge < -0.3 is 5.73 Å². The SMILES string of the molecule is Cc1ccc(N)cc1C(=O)Nc1nc(CN2CCCCC2)cs1.Cl.Cl. The summed E-state index contributed by atoms with van der Waals surface area (Å²) < 4.78 is 0. The third-order valence-corrected chi connectivity index (χ3v) is 4.92. The van der Waals surface area contributed by atoms with Crippen molar-refractivity contribution in [2.45, 2.75) is 32.7 Å². The monoisotopic (exact) mass is 402 g/mol. The van der Waals surface area contributed by atoms with Crippen molar-refractivity contribution >= 4 is 52.9 Å². The molecule has 0 unspecified atom stereocenters. The number of aryl methyl sites for hydroxylation is 1. The lowest BCUT2D eigenvalue weighted by molar-refractivity contribution is 0.102. The fourth-order valence-electron chi connectivity index (χ4n) is 2.83. The molecule has 1 aliphatic heterocycles. The molecule has 0 atom stereocenters. The molecule has 2 aromatic rings. The minimum atomic E-state index is -0.159. The maximum Gasteiger partial charge on any atom is 0.257 e. The third kappa shape index (κ3) is 5.85. The second-order valence-corrected chi connectivity index (χ2v) is 6.87. The summed E-state index contributed by atoms with van der Waals surface area (Å²) in [6, 6.07) is 5.35. The van der Waals surface area contributed by atoms with Crippen LogP contribution >= 0.6 is 36.2 Å². The highest BCUT2D eigenvalue weighted by Crippen LogP contribution is 2.20. The summed E-state index contributed by atoms with van der Waals surface area (Å²) in [5.74, 6) is -0.159. The Bertz CT molecular complexity index is 702. The molecule has 2 heterocycles. The van der Waals surface area contributed by atoms with Crippen LogP contribution in [0.2, 0.25) is 0 Å². The molecule has 8 heteroatoms. The van der Waals surface area contributed by atoms with E-state index in [2.05, 4.69) is 15.2 Å². The number of aromatic nitrogens is 1. The molecule has 0 aliphatic carbocycles. The normalized spacial score (nSPS) is 14.3. The highest BCUT2D eigenvalue weighted by Gasteiger charge is 2.14. The summed E-state index contributed by atoms with van der Waals surface area (Å²) in [7, 11) is 0. The maximum atomic E-state index is 12.4. The number of benzene rings is 1. The van der Waals surface area contributed by atoms with Gasteiger partial charge in [-0.25, -0.2) is 4.98 Å². The zero-order valence-electron chi connectivity index (χ0n) is 14.2. The van der Waals surface area contributed by atoms with E-state index in [1.165, 1.54) is 30.6 Å². The van der Waals surface area contributed by atoms with Crippen molar-refractivity contribution in [3.63, 3.8) is 0 Å². The molecule has 1 saturated heterocycles. The van der Waals surface area contributed by atoms with E-state index < -0.39 is 0 Å². The minimum absolute atomic E-state index is 0. The van der Waals surface area contributed by atoms with Gasteiger partial charge in [0.05, 0.1) is 5.69 Å². The van der Waals surface area contributed by atoms with Crippen molar-refractivity contribution in [1.82, 2.24) is 9.88 Å². The van der Waals surface area contributed by atoms with Crippen molar-refractivity contribution in [3.05, 3.63) is 40.4 Å². The van der Waals surface area contributed by atoms with E-state index in [0.29, 0.717) is 16.4 Å². The van der Waals surface area contributed by atoms with E-state index in [1.54, 1.807) is 12.1 Å². The van der Waals surface area contributed by atoms with E-state index in [1.807, 2.05) is 18.4 Å². The summed E-state index contributed by atoms with van der Waals surface area (Å²) >= 11 is 1.47. The second-order valence-electron chi connectivity index (χ2n) is 6.01. The van der Waals surface area contributed by atoms with E-state index in [9.17, 15) is 4.79 Å². The predicted octanol–water partition coefficient (Wildman–Crippen LogP) is 4.12. The fraction of sp³-hybridized carbons (Fsp3) is 0.412. The molecule has 3 N–H and O–H groups in total. The van der Waals surface area contributed by atoms with Gasteiger partial charge >= 0.3 is 0 Å². The van der Waals surface area contributed by atoms with Gasteiger partial charge in [-0.2, -0.15) is 0 Å². The van der Waals surface area contributed by atoms with Crippen LogP contribution in [0.25, 0.3) is 0 Å². The van der Waals surface area contributed by atoms with E-state index in [0.717, 1.165) is 30.9 Å². The molecule has 0 bridgehead atoms. The number of halogens is 2. The Kier molecular flexibility index (Phi) is 8.65. The molecule has 25 heavy (non-hydrogen) atoms. The Hall–Kier alpha value is -1.34. The molecule has 1 aromatic heterocycles. The number of likely N-dealkylation sites (tertiary alicyclic amines) is 1. The highest BCUT2D eigenvalue weighted by molar-refractivity contribution is 7.14. The molecule has 1 aliphatic rings. The van der Waals surface area contributed by atoms with Crippen molar-refractivity contribution in [1.29, 1.82) is 0 Å². The summed E-state index contributed by atoms with van der Waals surface area (Å²) in [5.41, 5.74) is 8.88. The second kappa shape index (κ2) is 9.97. The lowest BCUT2D eigenvalue weighted by Crippen LogP contribution is -2.29. The molecule has 1 fully saturated rings. The van der Waals surface area contributed by atoms with Crippen LogP contribution < -0.4 is 11.1 Å². The Labute approximate surface area is 164 Å². The molecule has 5 nitrogen and oxygen atoms in total. The number of carbonyl (C=O) groups is 1. The predicted molar refractivity (Wildman–Crippen MR) is 109 cm³/mol. The number of anilines is 2. The molecular weight excluding hydrogens is 379 g/mol. The van der Waals surface area contributed by atoms with Crippen molar-refractivity contribution in [3.8, 4) is 0 Å². The van der Waals surface area contributed by atoms with Gasteiger partial charge in [-0.1, -0.05) is 12.5 Å². The van der Waals surface area contributed by atoms with Gasteiger partial charge in [0.1, 0.15) is 0 Å². The molecule has 3 rings (SSSR count). The van der Waals surface area contributed by atoms with E-state index >= 15 is 0 Å². The number of piperidine rings is 1. The first-order chi connectivity index (χ1) is 11.1. The average molecular weight is 403 g/mol. The Morgan fingerprint density at radius 3 is 2.72 bits per heavy atom. The molecule has 1 aromatic carbocycles. The van der Waals surface area contributed by atoms with Gasteiger partial charge in [0.2, 0.25) is 0 Å². The third-order valence-electron chi connectivity index (χ3n) is 4.11. The van der Waals surface area contributed by atoms with E-state index in [4.69, 9.17) is 5.73 Å². The van der Waals surface area contributed by atoms with Gasteiger partial charge in [-0.3, -0.25) is 15.0 Å². The Morgan fingerprint density at radius 2 is 2.00 bits per heavy atom. The van der Waals surface area contributed by atoms with Gasteiger partial charge in [0, 0.05) is 23.2 Å². The van der Waals surface area contributed by atoms with Crippen LogP contribution in [-0.4, -0.2) is 28.9 Å². The van der Waals surface area contributed by atoms with Crippen LogP contribution in [-0.2, 0) is 6.54 Å². The lowest BCUT2D eigenvalue weighted by atomic mass is 10.1. The number of hydrogen-bond acceptors (Lipinski definition) is 5. The van der Waals surface area contributed by atoms with Crippen LogP contribution in [0.1, 0.15) is 40.9 Å². The number of carbonyl (C=O) groups excluding carboxylic acids is 1. The van der Waals surface area contributed by atoms with Crippen LogP contribution in [0.3, 0.4) is 0 Å². The van der Waals surface area contributed by atoms with Crippen molar-refractivity contribution in [2.24, 2.45) is 0 Å². The number of nitrogens with one attached hydrogen (secondary N) is 1. The molecule has 0 radical (unpaired) electrons. The number of nitrogen functional groups attached to an aromatic ring is 1. The zero-order valence-corrected chi connectivity index (χ0v) is 16.6. The number of amides is 1. The smallest absolute Gasteiger partial charge is 0.257 e. The van der Waals surface area contributed by atoms with Gasteiger partial charge in [-0.15, -0.1) is 36.2 Å². The van der Waals surface area contributed by atoms with Gasteiger partial charge in [-0.05, 0) is 50.6 Å². The highest BCUT2D eigenvalue weighted by atomic mass is 35.5. The number of hydrogen-bond donors (Lipinski definition) is 2. The largest absolute Gasteiger partial charge is 0.399 e. The topological polar surface area (TPSA) is 71.2 Å². The summed E-state index contributed by atoms with van der Waals surface area (Å²) in [5, 5.41) is 5.54. The summed E-state index contributed by atoms with van der Waals surface area (Å²) in [6.45, 7) is 5.05.